The van der Waals surface area contributed by atoms with Crippen LogP contribution in [0.25, 0.3) is 5.82 Å². The van der Waals surface area contributed by atoms with Crippen LogP contribution in [0, 0.1) is 5.92 Å². The largest absolute Gasteiger partial charge is 0.299 e. The normalized spacial score (nSPS) is 18.6. The van der Waals surface area contributed by atoms with E-state index >= 15 is 0 Å². The smallest absolute Gasteiger partial charge is 0.266 e. The molecular weight excluding hydrogens is 354 g/mol. The molecule has 2 aliphatic rings. The van der Waals surface area contributed by atoms with Crippen LogP contribution in [0.1, 0.15) is 42.9 Å². The summed E-state index contributed by atoms with van der Waals surface area (Å²) in [7, 11) is 0. The molecular formula is C20H25N7O. The number of nitrogens with zero attached hydrogens (tertiary/aromatic N) is 6. The lowest BCUT2D eigenvalue weighted by Gasteiger charge is -2.31. The summed E-state index contributed by atoms with van der Waals surface area (Å²) >= 11 is 0. The van der Waals surface area contributed by atoms with Crippen LogP contribution in [-0.2, 0) is 13.1 Å². The van der Waals surface area contributed by atoms with E-state index in [2.05, 4.69) is 25.3 Å². The summed E-state index contributed by atoms with van der Waals surface area (Å²) in [6.45, 7) is 3.74. The van der Waals surface area contributed by atoms with Crippen LogP contribution in [0.2, 0.25) is 0 Å². The average molecular weight is 379 g/mol. The third kappa shape index (κ3) is 3.64. The number of hydrogen-bond acceptors (Lipinski definition) is 5. The van der Waals surface area contributed by atoms with Gasteiger partial charge in [0.2, 0.25) is 0 Å². The Balaban J connectivity index is 1.20. The molecule has 3 aromatic heterocycles. The van der Waals surface area contributed by atoms with Gasteiger partial charge >= 0.3 is 0 Å². The zero-order valence-electron chi connectivity index (χ0n) is 15.9. The van der Waals surface area contributed by atoms with E-state index in [-0.39, 0.29) is 5.56 Å². The Morgan fingerprint density at radius 3 is 2.75 bits per heavy atom. The number of aromatic nitrogens is 6. The maximum atomic E-state index is 12.2. The third-order valence-corrected chi connectivity index (χ3v) is 5.86. The molecule has 0 aromatic carbocycles. The second-order valence-electron chi connectivity index (χ2n) is 7.97. The first kappa shape index (κ1) is 17.4. The monoisotopic (exact) mass is 379 g/mol. The minimum atomic E-state index is -0.0502. The molecule has 0 amide bonds. The molecule has 1 aliphatic carbocycles. The number of aromatic amines is 1. The molecule has 28 heavy (non-hydrogen) atoms. The van der Waals surface area contributed by atoms with Crippen molar-refractivity contribution in [2.75, 3.05) is 13.1 Å². The minimum absolute atomic E-state index is 0.0502. The number of hydrogen-bond donors (Lipinski definition) is 1. The van der Waals surface area contributed by atoms with Crippen LogP contribution in [0.4, 0.5) is 0 Å². The van der Waals surface area contributed by atoms with Gasteiger partial charge in [-0.15, -0.1) is 5.10 Å². The lowest BCUT2D eigenvalue weighted by molar-refractivity contribution is 0.163. The Labute approximate surface area is 163 Å². The standard InChI is InChI=1S/C20H25N7O/c28-19-5-4-18(26-9-1-8-22-26)24-27(19)13-15-6-10-25(11-7-15)14-17-12-21-23-20(17)16-2-3-16/h1,4-5,8-9,12,15-16H,2-3,6-7,10-11,13-14H2,(H,21,23). The highest BCUT2D eigenvalue weighted by molar-refractivity contribution is 5.24. The van der Waals surface area contributed by atoms with Crippen molar-refractivity contribution in [2.45, 2.75) is 44.7 Å². The van der Waals surface area contributed by atoms with Gasteiger partial charge in [0.15, 0.2) is 5.82 Å². The van der Waals surface area contributed by atoms with Crippen molar-refractivity contribution < 1.29 is 0 Å². The first-order chi connectivity index (χ1) is 13.8. The first-order valence-corrected chi connectivity index (χ1v) is 10.1. The molecule has 1 saturated carbocycles. The fourth-order valence-electron chi connectivity index (χ4n) is 4.08. The van der Waals surface area contributed by atoms with E-state index in [1.807, 2.05) is 18.5 Å². The van der Waals surface area contributed by atoms with Crippen molar-refractivity contribution in [3.8, 4) is 5.82 Å². The van der Waals surface area contributed by atoms with Gasteiger partial charge in [-0.25, -0.2) is 9.36 Å². The molecule has 1 N–H and O–H groups in total. The van der Waals surface area contributed by atoms with Gasteiger partial charge in [-0.05, 0) is 56.8 Å². The van der Waals surface area contributed by atoms with Gasteiger partial charge in [-0.1, -0.05) is 0 Å². The molecule has 4 heterocycles. The maximum absolute atomic E-state index is 12.2. The van der Waals surface area contributed by atoms with Crippen molar-refractivity contribution in [3.63, 3.8) is 0 Å². The highest BCUT2D eigenvalue weighted by Crippen LogP contribution is 2.40. The minimum Gasteiger partial charge on any atom is -0.299 e. The van der Waals surface area contributed by atoms with Crippen LogP contribution >= 0.6 is 0 Å². The van der Waals surface area contributed by atoms with Crippen LogP contribution in [0.3, 0.4) is 0 Å². The van der Waals surface area contributed by atoms with Crippen molar-refractivity contribution in [1.82, 2.24) is 34.7 Å². The van der Waals surface area contributed by atoms with E-state index in [0.29, 0.717) is 24.2 Å². The van der Waals surface area contributed by atoms with Crippen LogP contribution in [0.15, 0.2) is 41.6 Å². The lowest BCUT2D eigenvalue weighted by Crippen LogP contribution is -2.36. The molecule has 0 spiro atoms. The number of nitrogens with one attached hydrogen (secondary N) is 1. The van der Waals surface area contributed by atoms with Gasteiger partial charge in [0, 0.05) is 48.7 Å². The van der Waals surface area contributed by atoms with Crippen LogP contribution in [0.5, 0.6) is 0 Å². The predicted octanol–water partition coefficient (Wildman–Crippen LogP) is 1.94. The van der Waals surface area contributed by atoms with E-state index in [0.717, 1.165) is 32.5 Å². The second-order valence-corrected chi connectivity index (χ2v) is 7.97. The van der Waals surface area contributed by atoms with Gasteiger partial charge in [0.05, 0.1) is 6.20 Å². The Kier molecular flexibility index (Phi) is 4.56. The topological polar surface area (TPSA) is 84.6 Å². The van der Waals surface area contributed by atoms with E-state index < -0.39 is 0 Å². The predicted molar refractivity (Wildman–Crippen MR) is 104 cm³/mol. The van der Waals surface area contributed by atoms with Gasteiger partial charge in [0.25, 0.3) is 5.56 Å². The molecule has 0 atom stereocenters. The number of rotatable bonds is 6. The van der Waals surface area contributed by atoms with E-state index in [1.54, 1.807) is 27.7 Å². The average Bonchev–Trinajstić information content (AvgIpc) is 3.21. The quantitative estimate of drug-likeness (QED) is 0.708. The van der Waals surface area contributed by atoms with E-state index in [4.69, 9.17) is 0 Å². The number of H-pyrrole nitrogens is 1. The molecule has 8 nitrogen and oxygen atoms in total. The van der Waals surface area contributed by atoms with Crippen LogP contribution < -0.4 is 5.56 Å². The van der Waals surface area contributed by atoms with Crippen molar-refractivity contribution in [1.29, 1.82) is 0 Å². The summed E-state index contributed by atoms with van der Waals surface area (Å²) in [5.74, 6) is 1.85. The fraction of sp³-hybridized carbons (Fsp3) is 0.500. The van der Waals surface area contributed by atoms with E-state index in [9.17, 15) is 4.79 Å². The lowest BCUT2D eigenvalue weighted by atomic mass is 9.96. The van der Waals surface area contributed by atoms with Crippen molar-refractivity contribution >= 4 is 0 Å². The van der Waals surface area contributed by atoms with Gasteiger partial charge in [-0.3, -0.25) is 14.8 Å². The molecule has 1 aliphatic heterocycles. The Morgan fingerprint density at radius 1 is 1.14 bits per heavy atom. The molecule has 1 saturated heterocycles. The highest BCUT2D eigenvalue weighted by atomic mass is 16.1. The zero-order valence-corrected chi connectivity index (χ0v) is 15.9. The molecule has 0 unspecified atom stereocenters. The van der Waals surface area contributed by atoms with E-state index in [1.165, 1.54) is 24.1 Å². The van der Waals surface area contributed by atoms with Gasteiger partial charge in [0.1, 0.15) is 0 Å². The fourth-order valence-corrected chi connectivity index (χ4v) is 4.08. The second kappa shape index (κ2) is 7.35. The van der Waals surface area contributed by atoms with Crippen molar-refractivity contribution in [2.24, 2.45) is 5.92 Å². The van der Waals surface area contributed by atoms with Crippen LogP contribution in [-0.4, -0.2) is 47.7 Å². The SMILES string of the molecule is O=c1ccc(-n2cccn2)nn1CC1CCN(Cc2cn[nH]c2C2CC2)CC1. The summed E-state index contributed by atoms with van der Waals surface area (Å²) < 4.78 is 3.28. The summed E-state index contributed by atoms with van der Waals surface area (Å²) in [5, 5.41) is 16.1. The summed E-state index contributed by atoms with van der Waals surface area (Å²) in [4.78, 5) is 14.8. The van der Waals surface area contributed by atoms with Gasteiger partial charge < -0.3 is 0 Å². The first-order valence-electron chi connectivity index (χ1n) is 10.1. The highest BCUT2D eigenvalue weighted by Gasteiger charge is 2.29. The summed E-state index contributed by atoms with van der Waals surface area (Å²) in [6, 6.07) is 5.15. The molecule has 5 rings (SSSR count). The number of likely N-dealkylation sites (tertiary alicyclic amines) is 1. The Hall–Kier alpha value is -2.74. The molecule has 146 valence electrons. The molecule has 0 bridgehead atoms. The molecule has 3 aromatic rings. The zero-order chi connectivity index (χ0) is 18.9. The van der Waals surface area contributed by atoms with Gasteiger partial charge in [-0.2, -0.15) is 10.2 Å². The Bertz CT molecular complexity index is 978. The molecule has 2 fully saturated rings. The summed E-state index contributed by atoms with van der Waals surface area (Å²) in [6.07, 6.45) is 10.3. The summed E-state index contributed by atoms with van der Waals surface area (Å²) in [5.41, 5.74) is 2.64. The number of piperidine rings is 1. The van der Waals surface area contributed by atoms with Crippen molar-refractivity contribution in [3.05, 3.63) is 58.4 Å². The Morgan fingerprint density at radius 2 is 2.00 bits per heavy atom. The maximum Gasteiger partial charge on any atom is 0.266 e. The molecule has 8 heteroatoms. The third-order valence-electron chi connectivity index (χ3n) is 5.86. The molecule has 0 radical (unpaired) electrons.